The zero-order chi connectivity index (χ0) is 12.3. The summed E-state index contributed by atoms with van der Waals surface area (Å²) in [5.41, 5.74) is 0.846. The van der Waals surface area contributed by atoms with Crippen LogP contribution in [-0.4, -0.2) is 29.8 Å². The van der Waals surface area contributed by atoms with Gasteiger partial charge in [-0.2, -0.15) is 0 Å². The van der Waals surface area contributed by atoms with Gasteiger partial charge in [0.2, 0.25) is 0 Å². The van der Waals surface area contributed by atoms with E-state index in [1.54, 1.807) is 22.7 Å². The van der Waals surface area contributed by atoms with E-state index in [1.165, 1.54) is 12.1 Å². The van der Waals surface area contributed by atoms with Crippen molar-refractivity contribution in [3.8, 4) is 0 Å². The number of halogens is 1. The molecule has 1 heterocycles. The molecule has 0 aromatic heterocycles. The van der Waals surface area contributed by atoms with Crippen molar-refractivity contribution in [3.05, 3.63) is 35.6 Å². The zero-order valence-electron chi connectivity index (χ0n) is 9.65. The van der Waals surface area contributed by atoms with Crippen molar-refractivity contribution >= 4 is 17.8 Å². The van der Waals surface area contributed by atoms with Gasteiger partial charge in [0.1, 0.15) is 11.2 Å². The van der Waals surface area contributed by atoms with Crippen LogP contribution in [0.1, 0.15) is 17.9 Å². The minimum absolute atomic E-state index is 0.0720. The molecule has 1 atom stereocenters. The van der Waals surface area contributed by atoms with Gasteiger partial charge in [0, 0.05) is 18.8 Å². The maximum absolute atomic E-state index is 13.2. The van der Waals surface area contributed by atoms with Crippen molar-refractivity contribution in [2.45, 2.75) is 12.3 Å². The smallest absolute Gasteiger partial charge is 0.318 e. The van der Waals surface area contributed by atoms with Crippen LogP contribution in [0.5, 0.6) is 0 Å². The summed E-state index contributed by atoms with van der Waals surface area (Å²) in [4.78, 5) is 13.6. The molecule has 5 heteroatoms. The highest BCUT2D eigenvalue weighted by atomic mass is 32.2. The van der Waals surface area contributed by atoms with Gasteiger partial charge in [-0.3, -0.25) is 0 Å². The van der Waals surface area contributed by atoms with Crippen LogP contribution in [0.15, 0.2) is 24.3 Å². The number of urea groups is 1. The van der Waals surface area contributed by atoms with E-state index in [0.717, 1.165) is 11.3 Å². The van der Waals surface area contributed by atoms with E-state index >= 15 is 0 Å². The Morgan fingerprint density at radius 3 is 3.18 bits per heavy atom. The normalized spacial score (nSPS) is 19.4. The summed E-state index contributed by atoms with van der Waals surface area (Å²) >= 11 is 1.66. The second-order valence-corrected chi connectivity index (χ2v) is 5.00. The van der Waals surface area contributed by atoms with E-state index < -0.39 is 0 Å². The highest BCUT2D eigenvalue weighted by Gasteiger charge is 2.30. The van der Waals surface area contributed by atoms with Gasteiger partial charge in [0.05, 0.1) is 0 Å². The van der Waals surface area contributed by atoms with E-state index in [9.17, 15) is 9.18 Å². The molecule has 1 fully saturated rings. The second-order valence-electron chi connectivity index (χ2n) is 3.81. The Hall–Kier alpha value is -1.23. The predicted molar refractivity (Wildman–Crippen MR) is 67.4 cm³/mol. The predicted octanol–water partition coefficient (Wildman–Crippen LogP) is 2.60. The van der Waals surface area contributed by atoms with Gasteiger partial charge in [0.15, 0.2) is 0 Å². The van der Waals surface area contributed by atoms with Crippen LogP contribution in [-0.2, 0) is 0 Å². The number of nitrogens with zero attached hydrogens (tertiary/aromatic N) is 1. The summed E-state index contributed by atoms with van der Waals surface area (Å²) in [5, 5.41) is 2.71. The maximum atomic E-state index is 13.2. The Kier molecular flexibility index (Phi) is 3.89. The minimum Gasteiger partial charge on any atom is -0.338 e. The van der Waals surface area contributed by atoms with Gasteiger partial charge < -0.3 is 10.2 Å². The van der Waals surface area contributed by atoms with Crippen molar-refractivity contribution < 1.29 is 9.18 Å². The van der Waals surface area contributed by atoms with Crippen LogP contribution in [0.4, 0.5) is 9.18 Å². The van der Waals surface area contributed by atoms with Gasteiger partial charge in [-0.1, -0.05) is 12.1 Å². The van der Waals surface area contributed by atoms with E-state index in [-0.39, 0.29) is 17.2 Å². The van der Waals surface area contributed by atoms with Crippen molar-refractivity contribution in [3.63, 3.8) is 0 Å². The molecule has 3 nitrogen and oxygen atoms in total. The largest absolute Gasteiger partial charge is 0.338 e. The molecule has 17 heavy (non-hydrogen) atoms. The van der Waals surface area contributed by atoms with Crippen molar-refractivity contribution in [2.24, 2.45) is 0 Å². The molecule has 0 bridgehead atoms. The van der Waals surface area contributed by atoms with Crippen LogP contribution in [0.25, 0.3) is 0 Å². The van der Waals surface area contributed by atoms with Crippen LogP contribution in [0.3, 0.4) is 0 Å². The molecule has 0 radical (unpaired) electrons. The molecule has 2 rings (SSSR count). The highest BCUT2D eigenvalue weighted by Crippen LogP contribution is 2.37. The van der Waals surface area contributed by atoms with Crippen LogP contribution < -0.4 is 5.32 Å². The Labute approximate surface area is 104 Å². The number of rotatable bonds is 2. The van der Waals surface area contributed by atoms with Crippen molar-refractivity contribution in [1.82, 2.24) is 10.2 Å². The summed E-state index contributed by atoms with van der Waals surface area (Å²) < 4.78 is 13.2. The molecule has 2 amide bonds. The number of carbonyl (C=O) groups excluding carboxylic acids is 1. The van der Waals surface area contributed by atoms with Gasteiger partial charge >= 0.3 is 6.03 Å². The lowest BCUT2D eigenvalue weighted by molar-refractivity contribution is 0.201. The van der Waals surface area contributed by atoms with Gasteiger partial charge in [0.25, 0.3) is 0 Å². The van der Waals surface area contributed by atoms with Crippen molar-refractivity contribution in [2.75, 3.05) is 18.8 Å². The molecular weight excluding hydrogens is 239 g/mol. The van der Waals surface area contributed by atoms with Crippen LogP contribution in [0, 0.1) is 5.82 Å². The lowest BCUT2D eigenvalue weighted by Crippen LogP contribution is -2.39. The Morgan fingerprint density at radius 1 is 1.65 bits per heavy atom. The third-order valence-corrected chi connectivity index (χ3v) is 3.87. The fraction of sp³-hybridized carbons (Fsp3) is 0.417. The maximum Gasteiger partial charge on any atom is 0.318 e. The number of carbonyl (C=O) groups is 1. The van der Waals surface area contributed by atoms with Crippen molar-refractivity contribution in [1.29, 1.82) is 0 Å². The van der Waals surface area contributed by atoms with Gasteiger partial charge in [-0.05, 0) is 24.6 Å². The highest BCUT2D eigenvalue weighted by molar-refractivity contribution is 7.99. The zero-order valence-corrected chi connectivity index (χ0v) is 10.5. The lowest BCUT2D eigenvalue weighted by atomic mass is 10.2. The Balaban J connectivity index is 2.17. The molecule has 0 saturated carbocycles. The molecule has 1 aromatic rings. The molecule has 0 aliphatic carbocycles. The Bertz CT molecular complexity index is 413. The third-order valence-electron chi connectivity index (χ3n) is 2.61. The SMILES string of the molecule is CCNC(=O)N1CCS[C@@H]1c1cccc(F)c1. The molecule has 1 N–H and O–H groups in total. The second kappa shape index (κ2) is 5.40. The number of hydrogen-bond donors (Lipinski definition) is 1. The van der Waals surface area contributed by atoms with Gasteiger partial charge in [-0.15, -0.1) is 11.8 Å². The number of amides is 2. The fourth-order valence-electron chi connectivity index (χ4n) is 1.87. The average Bonchev–Trinajstić information content (AvgIpc) is 2.78. The molecule has 0 unspecified atom stereocenters. The first-order chi connectivity index (χ1) is 8.22. The van der Waals surface area contributed by atoms with Gasteiger partial charge in [-0.25, -0.2) is 9.18 Å². The minimum atomic E-state index is -0.258. The first kappa shape index (κ1) is 12.2. The molecule has 1 saturated heterocycles. The number of nitrogens with one attached hydrogen (secondary N) is 1. The van der Waals surface area contributed by atoms with E-state index in [2.05, 4.69) is 5.32 Å². The van der Waals surface area contributed by atoms with Crippen LogP contribution >= 0.6 is 11.8 Å². The molecule has 1 aliphatic rings. The first-order valence-electron chi connectivity index (χ1n) is 5.64. The molecular formula is C12H15FN2OS. The summed E-state index contributed by atoms with van der Waals surface area (Å²) in [7, 11) is 0. The topological polar surface area (TPSA) is 32.3 Å². The van der Waals surface area contributed by atoms with E-state index in [4.69, 9.17) is 0 Å². The van der Waals surface area contributed by atoms with E-state index in [0.29, 0.717) is 13.1 Å². The van der Waals surface area contributed by atoms with E-state index in [1.807, 2.05) is 13.0 Å². The number of benzene rings is 1. The Morgan fingerprint density at radius 2 is 2.47 bits per heavy atom. The summed E-state index contributed by atoms with van der Waals surface area (Å²) in [5.74, 6) is 0.629. The molecule has 1 aromatic carbocycles. The molecule has 0 spiro atoms. The fourth-order valence-corrected chi connectivity index (χ4v) is 3.11. The quantitative estimate of drug-likeness (QED) is 0.880. The number of thioether (sulfide) groups is 1. The monoisotopic (exact) mass is 254 g/mol. The summed E-state index contributed by atoms with van der Waals surface area (Å²) in [6.45, 7) is 3.20. The lowest BCUT2D eigenvalue weighted by Gasteiger charge is -2.24. The summed E-state index contributed by atoms with van der Waals surface area (Å²) in [6.07, 6.45) is 0. The average molecular weight is 254 g/mol. The number of hydrogen-bond acceptors (Lipinski definition) is 2. The third kappa shape index (κ3) is 2.72. The molecule has 92 valence electrons. The van der Waals surface area contributed by atoms with Crippen LogP contribution in [0.2, 0.25) is 0 Å². The summed E-state index contributed by atoms with van der Waals surface area (Å²) in [6, 6.07) is 6.37. The molecule has 1 aliphatic heterocycles. The first-order valence-corrected chi connectivity index (χ1v) is 6.68. The standard InChI is InChI=1S/C12H15FN2OS/c1-2-14-12(16)15-6-7-17-11(15)9-4-3-5-10(13)8-9/h3-5,8,11H,2,6-7H2,1H3,(H,14,16)/t11-/m1/s1.